The summed E-state index contributed by atoms with van der Waals surface area (Å²) >= 11 is 0. The van der Waals surface area contributed by atoms with Crippen LogP contribution in [0.5, 0.6) is 0 Å². The first kappa shape index (κ1) is 15.1. The number of aldehydes is 1. The molecule has 2 nitrogen and oxygen atoms in total. The molecule has 1 heterocycles. The number of rotatable bonds is 8. The van der Waals surface area contributed by atoms with E-state index in [0.717, 1.165) is 32.0 Å². The molecule has 2 heteroatoms. The van der Waals surface area contributed by atoms with Crippen molar-refractivity contribution in [3.8, 4) is 0 Å². The van der Waals surface area contributed by atoms with Crippen LogP contribution >= 0.6 is 0 Å². The minimum absolute atomic E-state index is 0.553. The minimum atomic E-state index is 0.553. The molecule has 1 aromatic heterocycles. The minimum Gasteiger partial charge on any atom is -0.298 e. The lowest BCUT2D eigenvalue weighted by Crippen LogP contribution is -1.97. The maximum atomic E-state index is 10.7. The van der Waals surface area contributed by atoms with Crippen LogP contribution in [-0.4, -0.2) is 11.3 Å². The third kappa shape index (κ3) is 5.50. The molecule has 1 atom stereocenters. The molecule has 0 aliphatic carbocycles. The second-order valence-corrected chi connectivity index (χ2v) is 4.49. The lowest BCUT2D eigenvalue weighted by molar-refractivity contribution is -0.104. The van der Waals surface area contributed by atoms with E-state index < -0.39 is 0 Å². The average molecular weight is 255 g/mol. The van der Waals surface area contributed by atoms with Crippen LogP contribution in [0, 0.1) is 0 Å². The fourth-order valence-corrected chi connectivity index (χ4v) is 2.12. The Kier molecular flexibility index (Phi) is 7.23. The fraction of sp³-hybridized carbons (Fsp3) is 0.353. The third-order valence-electron chi connectivity index (χ3n) is 3.19. The van der Waals surface area contributed by atoms with E-state index in [0.29, 0.717) is 11.5 Å². The van der Waals surface area contributed by atoms with E-state index in [1.165, 1.54) is 5.56 Å². The molecule has 0 aromatic carbocycles. The van der Waals surface area contributed by atoms with Gasteiger partial charge in [0.25, 0.3) is 0 Å². The first-order valence-corrected chi connectivity index (χ1v) is 6.72. The molecular formula is C17H21NO. The maximum Gasteiger partial charge on any atom is 0.150 e. The Bertz CT molecular complexity index is 455. The van der Waals surface area contributed by atoms with Crippen LogP contribution in [0.15, 0.2) is 54.6 Å². The summed E-state index contributed by atoms with van der Waals surface area (Å²) in [5, 5.41) is 0. The quantitative estimate of drug-likeness (QED) is 0.229. The van der Waals surface area contributed by atoms with E-state index in [1.807, 2.05) is 18.3 Å². The molecule has 0 radical (unpaired) electrons. The Morgan fingerprint density at radius 2 is 2.42 bits per heavy atom. The Morgan fingerprint density at radius 3 is 3.00 bits per heavy atom. The van der Waals surface area contributed by atoms with Crippen molar-refractivity contribution in [1.29, 1.82) is 0 Å². The third-order valence-corrected chi connectivity index (χ3v) is 3.19. The van der Waals surface area contributed by atoms with Crippen LogP contribution in [0.2, 0.25) is 0 Å². The van der Waals surface area contributed by atoms with Crippen molar-refractivity contribution in [2.75, 3.05) is 0 Å². The van der Waals surface area contributed by atoms with Gasteiger partial charge in [0.1, 0.15) is 6.29 Å². The summed E-state index contributed by atoms with van der Waals surface area (Å²) in [6.45, 7) is 5.67. The van der Waals surface area contributed by atoms with Gasteiger partial charge in [0.05, 0.1) is 0 Å². The van der Waals surface area contributed by atoms with Gasteiger partial charge < -0.3 is 0 Å². The lowest BCUT2D eigenvalue weighted by atomic mass is 9.92. The number of unbranched alkanes of at least 4 members (excludes halogenated alkanes) is 1. The SMILES string of the molecule is C=C=CC(C=O)=CCCCC(CC)c1cccnc1. The number of carbonyl (C=O) groups is 1. The van der Waals surface area contributed by atoms with Gasteiger partial charge in [0, 0.05) is 18.0 Å². The predicted octanol–water partition coefficient (Wildman–Crippen LogP) is 4.21. The van der Waals surface area contributed by atoms with Crippen LogP contribution < -0.4 is 0 Å². The van der Waals surface area contributed by atoms with Crippen LogP contribution in [-0.2, 0) is 4.79 Å². The highest BCUT2D eigenvalue weighted by atomic mass is 16.1. The number of hydrogen-bond donors (Lipinski definition) is 0. The zero-order chi connectivity index (χ0) is 13.9. The van der Waals surface area contributed by atoms with E-state index in [-0.39, 0.29) is 0 Å². The largest absolute Gasteiger partial charge is 0.298 e. The van der Waals surface area contributed by atoms with Gasteiger partial charge in [-0.3, -0.25) is 9.78 Å². The van der Waals surface area contributed by atoms with Gasteiger partial charge in [-0.15, -0.1) is 5.73 Å². The molecule has 0 fully saturated rings. The molecule has 19 heavy (non-hydrogen) atoms. The van der Waals surface area contributed by atoms with E-state index in [4.69, 9.17) is 0 Å². The summed E-state index contributed by atoms with van der Waals surface area (Å²) < 4.78 is 0. The van der Waals surface area contributed by atoms with Crippen molar-refractivity contribution >= 4 is 6.29 Å². The zero-order valence-corrected chi connectivity index (χ0v) is 11.5. The molecule has 1 aromatic rings. The standard InChI is InChI=1S/C17H21NO/c1-3-8-15(14-19)9-5-6-10-16(4-2)17-11-7-12-18-13-17/h7-9,11-14,16H,1,4-6,10H2,2H3. The summed E-state index contributed by atoms with van der Waals surface area (Å²) in [6, 6.07) is 4.12. The van der Waals surface area contributed by atoms with Gasteiger partial charge in [0.15, 0.2) is 0 Å². The van der Waals surface area contributed by atoms with Crippen LogP contribution in [0.4, 0.5) is 0 Å². The normalized spacial score (nSPS) is 12.6. The number of carbonyl (C=O) groups excluding carboxylic acids is 1. The Labute approximate surface area is 115 Å². The molecule has 100 valence electrons. The van der Waals surface area contributed by atoms with Gasteiger partial charge in [-0.1, -0.05) is 25.6 Å². The van der Waals surface area contributed by atoms with Gasteiger partial charge >= 0.3 is 0 Å². The van der Waals surface area contributed by atoms with Crippen molar-refractivity contribution in [2.45, 2.75) is 38.5 Å². The fourth-order valence-electron chi connectivity index (χ4n) is 2.12. The summed E-state index contributed by atoms with van der Waals surface area (Å²) in [4.78, 5) is 14.9. The molecular weight excluding hydrogens is 234 g/mol. The molecule has 0 N–H and O–H groups in total. The van der Waals surface area contributed by atoms with E-state index in [1.54, 1.807) is 12.3 Å². The van der Waals surface area contributed by atoms with Gasteiger partial charge in [-0.25, -0.2) is 0 Å². The Balaban J connectivity index is 2.47. The smallest absolute Gasteiger partial charge is 0.150 e. The van der Waals surface area contributed by atoms with Crippen LogP contribution in [0.1, 0.15) is 44.1 Å². The van der Waals surface area contributed by atoms with Crippen LogP contribution in [0.25, 0.3) is 0 Å². The number of nitrogens with zero attached hydrogens (tertiary/aromatic N) is 1. The van der Waals surface area contributed by atoms with E-state index >= 15 is 0 Å². The van der Waals surface area contributed by atoms with Crippen molar-refractivity contribution in [3.63, 3.8) is 0 Å². The average Bonchev–Trinajstić information content (AvgIpc) is 2.47. The molecule has 0 spiro atoms. The van der Waals surface area contributed by atoms with E-state index in [9.17, 15) is 4.79 Å². The summed E-state index contributed by atoms with van der Waals surface area (Å²) in [5.74, 6) is 0.553. The van der Waals surface area contributed by atoms with E-state index in [2.05, 4.69) is 30.3 Å². The molecule has 1 unspecified atom stereocenters. The monoisotopic (exact) mass is 255 g/mol. The highest BCUT2D eigenvalue weighted by Gasteiger charge is 2.08. The molecule has 0 saturated carbocycles. The molecule has 1 rings (SSSR count). The van der Waals surface area contributed by atoms with Gasteiger partial charge in [-0.2, -0.15) is 0 Å². The topological polar surface area (TPSA) is 30.0 Å². The molecule has 0 bridgehead atoms. The highest BCUT2D eigenvalue weighted by molar-refractivity contribution is 5.77. The number of aromatic nitrogens is 1. The molecule has 0 saturated heterocycles. The molecule has 0 amide bonds. The number of pyridine rings is 1. The maximum absolute atomic E-state index is 10.7. The summed E-state index contributed by atoms with van der Waals surface area (Å²) in [7, 11) is 0. The zero-order valence-electron chi connectivity index (χ0n) is 11.5. The number of hydrogen-bond acceptors (Lipinski definition) is 2. The second-order valence-electron chi connectivity index (χ2n) is 4.49. The first-order chi connectivity index (χ1) is 9.31. The highest BCUT2D eigenvalue weighted by Crippen LogP contribution is 2.24. The predicted molar refractivity (Wildman–Crippen MR) is 79.0 cm³/mol. The number of allylic oxidation sites excluding steroid dienone is 3. The summed E-state index contributed by atoms with van der Waals surface area (Å²) in [5.41, 5.74) is 4.58. The van der Waals surface area contributed by atoms with Gasteiger partial charge in [-0.05, 0) is 49.3 Å². The lowest BCUT2D eigenvalue weighted by Gasteiger charge is -2.13. The van der Waals surface area contributed by atoms with Crippen LogP contribution in [0.3, 0.4) is 0 Å². The van der Waals surface area contributed by atoms with Gasteiger partial charge in [0.2, 0.25) is 0 Å². The Hall–Kier alpha value is -1.92. The Morgan fingerprint density at radius 1 is 1.58 bits per heavy atom. The van der Waals surface area contributed by atoms with Crippen molar-refractivity contribution in [2.24, 2.45) is 0 Å². The van der Waals surface area contributed by atoms with Crippen molar-refractivity contribution in [3.05, 3.63) is 60.1 Å². The second kappa shape index (κ2) is 9.07. The first-order valence-electron chi connectivity index (χ1n) is 6.72. The summed E-state index contributed by atoms with van der Waals surface area (Å²) in [6.07, 6.45) is 12.4. The van der Waals surface area contributed by atoms with Crippen molar-refractivity contribution in [1.82, 2.24) is 4.98 Å². The molecule has 0 aliphatic heterocycles. The van der Waals surface area contributed by atoms with Crippen molar-refractivity contribution < 1.29 is 4.79 Å². The molecule has 0 aliphatic rings.